The van der Waals surface area contributed by atoms with Gasteiger partial charge in [-0.15, -0.1) is 0 Å². The zero-order valence-electron chi connectivity index (χ0n) is 11.1. The van der Waals surface area contributed by atoms with Crippen molar-refractivity contribution in [3.05, 3.63) is 66.4 Å². The van der Waals surface area contributed by atoms with Crippen molar-refractivity contribution < 1.29 is 0 Å². The highest BCUT2D eigenvalue weighted by Gasteiger charge is 2.13. The Bertz CT molecular complexity index is 744. The van der Waals surface area contributed by atoms with E-state index >= 15 is 0 Å². The minimum atomic E-state index is 1.04. The number of hydrogen-bond acceptors (Lipinski definition) is 2. The first-order valence-electron chi connectivity index (χ1n) is 6.88. The standard InChI is InChI=1S/C17H15N3/c1-2-4-15(5-3-1)20-17(9-11-19-20)14-7-6-13-8-10-18-16(13)12-14/h1-7,9,11-12,18H,8,10H2. The van der Waals surface area contributed by atoms with Crippen molar-refractivity contribution in [1.29, 1.82) is 0 Å². The lowest BCUT2D eigenvalue weighted by molar-refractivity contribution is 0.888. The Hall–Kier alpha value is -2.55. The summed E-state index contributed by atoms with van der Waals surface area (Å²) in [6.07, 6.45) is 2.97. The van der Waals surface area contributed by atoms with Gasteiger partial charge in [-0.1, -0.05) is 30.3 Å². The maximum absolute atomic E-state index is 4.45. The van der Waals surface area contributed by atoms with E-state index in [4.69, 9.17) is 0 Å². The molecule has 1 N–H and O–H groups in total. The molecule has 0 unspecified atom stereocenters. The van der Waals surface area contributed by atoms with E-state index < -0.39 is 0 Å². The van der Waals surface area contributed by atoms with E-state index in [9.17, 15) is 0 Å². The molecule has 4 rings (SSSR count). The van der Waals surface area contributed by atoms with Crippen molar-refractivity contribution in [2.45, 2.75) is 6.42 Å². The van der Waals surface area contributed by atoms with Gasteiger partial charge in [0.25, 0.3) is 0 Å². The summed E-state index contributed by atoms with van der Waals surface area (Å²) in [6, 6.07) is 18.9. The lowest BCUT2D eigenvalue weighted by atomic mass is 10.1. The zero-order valence-corrected chi connectivity index (χ0v) is 11.1. The van der Waals surface area contributed by atoms with E-state index in [-0.39, 0.29) is 0 Å². The molecule has 0 bridgehead atoms. The van der Waals surface area contributed by atoms with Gasteiger partial charge < -0.3 is 5.32 Å². The second kappa shape index (κ2) is 4.53. The highest BCUT2D eigenvalue weighted by molar-refractivity contribution is 5.70. The number of rotatable bonds is 2. The van der Waals surface area contributed by atoms with E-state index in [1.54, 1.807) is 0 Å². The van der Waals surface area contributed by atoms with Gasteiger partial charge in [0, 0.05) is 17.8 Å². The van der Waals surface area contributed by atoms with Crippen LogP contribution in [0.5, 0.6) is 0 Å². The Balaban J connectivity index is 1.82. The highest BCUT2D eigenvalue weighted by atomic mass is 15.3. The van der Waals surface area contributed by atoms with Gasteiger partial charge in [-0.25, -0.2) is 4.68 Å². The molecule has 3 aromatic rings. The van der Waals surface area contributed by atoms with Gasteiger partial charge in [0.1, 0.15) is 0 Å². The predicted molar refractivity (Wildman–Crippen MR) is 81.2 cm³/mol. The molecule has 3 heteroatoms. The fraction of sp³-hybridized carbons (Fsp3) is 0.118. The Morgan fingerprint density at radius 1 is 1.00 bits per heavy atom. The Labute approximate surface area is 117 Å². The first-order chi connectivity index (χ1) is 9.92. The van der Waals surface area contributed by atoms with Crippen molar-refractivity contribution in [3.63, 3.8) is 0 Å². The fourth-order valence-electron chi connectivity index (χ4n) is 2.75. The molecule has 1 aromatic heterocycles. The largest absolute Gasteiger partial charge is 0.384 e. The summed E-state index contributed by atoms with van der Waals surface area (Å²) in [7, 11) is 0. The van der Waals surface area contributed by atoms with Crippen molar-refractivity contribution in [1.82, 2.24) is 9.78 Å². The van der Waals surface area contributed by atoms with Gasteiger partial charge in [0.05, 0.1) is 17.6 Å². The number of nitrogens with one attached hydrogen (secondary N) is 1. The van der Waals surface area contributed by atoms with Gasteiger partial charge in [0.2, 0.25) is 0 Å². The fourth-order valence-corrected chi connectivity index (χ4v) is 2.75. The smallest absolute Gasteiger partial charge is 0.0741 e. The van der Waals surface area contributed by atoms with Gasteiger partial charge in [-0.2, -0.15) is 5.10 Å². The number of hydrogen-bond donors (Lipinski definition) is 1. The molecule has 0 atom stereocenters. The Morgan fingerprint density at radius 2 is 1.90 bits per heavy atom. The van der Waals surface area contributed by atoms with Crippen LogP contribution in [0.4, 0.5) is 5.69 Å². The third-order valence-corrected chi connectivity index (χ3v) is 3.76. The minimum Gasteiger partial charge on any atom is -0.384 e. The van der Waals surface area contributed by atoms with Crippen LogP contribution in [-0.2, 0) is 6.42 Å². The molecule has 2 heterocycles. The predicted octanol–water partition coefficient (Wildman–Crippen LogP) is 3.51. The molecule has 20 heavy (non-hydrogen) atoms. The maximum atomic E-state index is 4.45. The summed E-state index contributed by atoms with van der Waals surface area (Å²) in [5, 5.41) is 7.88. The van der Waals surface area contributed by atoms with E-state index in [2.05, 4.69) is 46.8 Å². The molecular weight excluding hydrogens is 246 g/mol. The van der Waals surface area contributed by atoms with Crippen LogP contribution in [0, 0.1) is 0 Å². The number of para-hydroxylation sites is 1. The van der Waals surface area contributed by atoms with Crippen LogP contribution < -0.4 is 5.32 Å². The van der Waals surface area contributed by atoms with Crippen LogP contribution in [0.2, 0.25) is 0 Å². The Morgan fingerprint density at radius 3 is 2.80 bits per heavy atom. The van der Waals surface area contributed by atoms with Gasteiger partial charge >= 0.3 is 0 Å². The average molecular weight is 261 g/mol. The zero-order chi connectivity index (χ0) is 13.4. The molecule has 0 amide bonds. The summed E-state index contributed by atoms with van der Waals surface area (Å²) >= 11 is 0. The SMILES string of the molecule is c1ccc(-n2nccc2-c2ccc3c(c2)NCC3)cc1. The van der Waals surface area contributed by atoms with Crippen LogP contribution in [0.1, 0.15) is 5.56 Å². The van der Waals surface area contributed by atoms with E-state index in [1.807, 2.05) is 29.1 Å². The van der Waals surface area contributed by atoms with E-state index in [0.29, 0.717) is 0 Å². The molecule has 0 aliphatic carbocycles. The molecule has 0 spiro atoms. The number of anilines is 1. The molecule has 98 valence electrons. The lowest BCUT2D eigenvalue weighted by Gasteiger charge is -2.09. The summed E-state index contributed by atoms with van der Waals surface area (Å²) in [5.41, 5.74) is 6.05. The summed E-state index contributed by atoms with van der Waals surface area (Å²) < 4.78 is 1.98. The normalized spacial score (nSPS) is 13.0. The van der Waals surface area contributed by atoms with Crippen molar-refractivity contribution >= 4 is 5.69 Å². The number of aromatic nitrogens is 2. The van der Waals surface area contributed by atoms with E-state index in [1.165, 1.54) is 16.8 Å². The van der Waals surface area contributed by atoms with Crippen LogP contribution in [0.25, 0.3) is 16.9 Å². The molecule has 0 radical (unpaired) electrons. The van der Waals surface area contributed by atoms with Crippen LogP contribution >= 0.6 is 0 Å². The molecule has 2 aromatic carbocycles. The number of nitrogens with zero attached hydrogens (tertiary/aromatic N) is 2. The summed E-state index contributed by atoms with van der Waals surface area (Å²) in [4.78, 5) is 0. The van der Waals surface area contributed by atoms with Gasteiger partial charge in [-0.05, 0) is 36.2 Å². The first-order valence-corrected chi connectivity index (χ1v) is 6.88. The third-order valence-electron chi connectivity index (χ3n) is 3.76. The van der Waals surface area contributed by atoms with E-state index in [0.717, 1.165) is 24.3 Å². The van der Waals surface area contributed by atoms with Gasteiger partial charge in [-0.3, -0.25) is 0 Å². The summed E-state index contributed by atoms with van der Waals surface area (Å²) in [6.45, 7) is 1.04. The Kier molecular flexibility index (Phi) is 2.56. The molecule has 1 aliphatic heterocycles. The first kappa shape index (κ1) is 11.3. The van der Waals surface area contributed by atoms with Crippen LogP contribution in [0.3, 0.4) is 0 Å². The summed E-state index contributed by atoms with van der Waals surface area (Å²) in [5.74, 6) is 0. The van der Waals surface area contributed by atoms with Crippen molar-refractivity contribution in [2.75, 3.05) is 11.9 Å². The molecule has 0 saturated heterocycles. The molecule has 0 saturated carbocycles. The molecule has 3 nitrogen and oxygen atoms in total. The monoisotopic (exact) mass is 261 g/mol. The second-order valence-corrected chi connectivity index (χ2v) is 5.01. The van der Waals surface area contributed by atoms with Crippen LogP contribution in [-0.4, -0.2) is 16.3 Å². The van der Waals surface area contributed by atoms with Crippen LogP contribution in [0.15, 0.2) is 60.8 Å². The average Bonchev–Trinajstić information content (AvgIpc) is 3.16. The topological polar surface area (TPSA) is 29.9 Å². The van der Waals surface area contributed by atoms with Gasteiger partial charge in [0.15, 0.2) is 0 Å². The quantitative estimate of drug-likeness (QED) is 0.765. The minimum absolute atomic E-state index is 1.04. The maximum Gasteiger partial charge on any atom is 0.0741 e. The lowest BCUT2D eigenvalue weighted by Crippen LogP contribution is -1.98. The third kappa shape index (κ3) is 1.79. The number of benzene rings is 2. The molecule has 0 fully saturated rings. The van der Waals surface area contributed by atoms with Crippen molar-refractivity contribution in [2.24, 2.45) is 0 Å². The van der Waals surface area contributed by atoms with Crippen molar-refractivity contribution in [3.8, 4) is 16.9 Å². The molecular formula is C17H15N3. The highest BCUT2D eigenvalue weighted by Crippen LogP contribution is 2.29. The second-order valence-electron chi connectivity index (χ2n) is 5.01. The molecule has 1 aliphatic rings. The number of fused-ring (bicyclic) bond motifs is 1.